The summed E-state index contributed by atoms with van der Waals surface area (Å²) < 4.78 is 5.72. The maximum absolute atomic E-state index is 5.79. The standard InChI is InChI=1S/C16H24N2O/c1-19-16(8-3-9-16)11-15(18-17)14-7-6-12-4-2-5-13(12)10-14/h6-7,10,15,18H,2-5,8-9,11,17H2,1H3. The van der Waals surface area contributed by atoms with E-state index in [0.717, 1.165) is 19.3 Å². The van der Waals surface area contributed by atoms with E-state index in [1.165, 1.54) is 42.4 Å². The molecule has 0 heterocycles. The summed E-state index contributed by atoms with van der Waals surface area (Å²) in [6.45, 7) is 0. The van der Waals surface area contributed by atoms with Crippen molar-refractivity contribution in [3.63, 3.8) is 0 Å². The van der Waals surface area contributed by atoms with E-state index in [2.05, 4.69) is 23.6 Å². The monoisotopic (exact) mass is 260 g/mol. The quantitative estimate of drug-likeness (QED) is 0.632. The van der Waals surface area contributed by atoms with Gasteiger partial charge >= 0.3 is 0 Å². The van der Waals surface area contributed by atoms with Crippen molar-refractivity contribution >= 4 is 0 Å². The first-order valence-electron chi connectivity index (χ1n) is 7.39. The van der Waals surface area contributed by atoms with E-state index in [-0.39, 0.29) is 11.6 Å². The second-order valence-corrected chi connectivity index (χ2v) is 6.05. The molecule has 2 aliphatic rings. The summed E-state index contributed by atoms with van der Waals surface area (Å²) in [5.74, 6) is 5.79. The number of hydrogen-bond acceptors (Lipinski definition) is 3. The molecule has 0 aromatic heterocycles. The van der Waals surface area contributed by atoms with Crippen molar-refractivity contribution in [2.75, 3.05) is 7.11 Å². The van der Waals surface area contributed by atoms with Crippen LogP contribution in [0.5, 0.6) is 0 Å². The van der Waals surface area contributed by atoms with Crippen molar-refractivity contribution in [3.8, 4) is 0 Å². The Kier molecular flexibility index (Phi) is 3.61. The fourth-order valence-electron chi connectivity index (χ4n) is 3.52. The van der Waals surface area contributed by atoms with Gasteiger partial charge in [0.25, 0.3) is 0 Å². The minimum Gasteiger partial charge on any atom is -0.378 e. The number of ether oxygens (including phenoxy) is 1. The van der Waals surface area contributed by atoms with Gasteiger partial charge in [-0.25, -0.2) is 0 Å². The maximum atomic E-state index is 5.79. The molecule has 3 heteroatoms. The zero-order valence-electron chi connectivity index (χ0n) is 11.7. The average Bonchev–Trinajstić information content (AvgIpc) is 2.85. The summed E-state index contributed by atoms with van der Waals surface area (Å²) in [6.07, 6.45) is 8.31. The van der Waals surface area contributed by atoms with Crippen LogP contribution in [0.25, 0.3) is 0 Å². The highest BCUT2D eigenvalue weighted by Crippen LogP contribution is 2.42. The van der Waals surface area contributed by atoms with Crippen LogP contribution in [0.3, 0.4) is 0 Å². The first-order valence-corrected chi connectivity index (χ1v) is 7.39. The predicted molar refractivity (Wildman–Crippen MR) is 76.7 cm³/mol. The molecule has 0 spiro atoms. The summed E-state index contributed by atoms with van der Waals surface area (Å²) >= 11 is 0. The summed E-state index contributed by atoms with van der Waals surface area (Å²) in [4.78, 5) is 0. The highest BCUT2D eigenvalue weighted by atomic mass is 16.5. The normalized spacial score (nSPS) is 21.8. The van der Waals surface area contributed by atoms with Gasteiger partial charge in [-0.05, 0) is 61.6 Å². The Hall–Kier alpha value is -0.900. The average molecular weight is 260 g/mol. The lowest BCUT2D eigenvalue weighted by Crippen LogP contribution is -2.44. The number of nitrogens with two attached hydrogens (primary N) is 1. The van der Waals surface area contributed by atoms with Gasteiger partial charge < -0.3 is 4.74 Å². The molecule has 104 valence electrons. The van der Waals surface area contributed by atoms with Crippen molar-refractivity contribution in [3.05, 3.63) is 34.9 Å². The van der Waals surface area contributed by atoms with Crippen molar-refractivity contribution in [1.29, 1.82) is 0 Å². The molecule has 1 atom stereocenters. The predicted octanol–water partition coefficient (Wildman–Crippen LogP) is 2.64. The van der Waals surface area contributed by atoms with Crippen LogP contribution < -0.4 is 11.3 Å². The molecule has 0 bridgehead atoms. The maximum Gasteiger partial charge on any atom is 0.0697 e. The van der Waals surface area contributed by atoms with Crippen molar-refractivity contribution in [2.24, 2.45) is 5.84 Å². The molecule has 1 saturated carbocycles. The lowest BCUT2D eigenvalue weighted by molar-refractivity contribution is -0.0838. The van der Waals surface area contributed by atoms with Gasteiger partial charge in [0, 0.05) is 13.2 Å². The SMILES string of the molecule is COC1(CC(NN)c2ccc3c(c2)CCC3)CCC1. The third kappa shape index (κ3) is 2.42. The second-order valence-electron chi connectivity index (χ2n) is 6.05. The van der Waals surface area contributed by atoms with E-state index in [1.54, 1.807) is 0 Å². The first-order chi connectivity index (χ1) is 9.26. The number of fused-ring (bicyclic) bond motifs is 1. The van der Waals surface area contributed by atoms with E-state index in [1.807, 2.05) is 7.11 Å². The zero-order valence-corrected chi connectivity index (χ0v) is 11.7. The molecule has 3 N–H and O–H groups in total. The van der Waals surface area contributed by atoms with Crippen molar-refractivity contribution < 1.29 is 4.74 Å². The van der Waals surface area contributed by atoms with Gasteiger partial charge in [0.05, 0.1) is 5.60 Å². The van der Waals surface area contributed by atoms with Crippen molar-refractivity contribution in [2.45, 2.75) is 56.6 Å². The zero-order chi connectivity index (χ0) is 13.3. The Bertz CT molecular complexity index is 449. The fraction of sp³-hybridized carbons (Fsp3) is 0.625. The summed E-state index contributed by atoms with van der Waals surface area (Å²) in [6, 6.07) is 7.06. The molecule has 1 aromatic carbocycles. The number of nitrogens with one attached hydrogen (secondary N) is 1. The Balaban J connectivity index is 1.78. The van der Waals surface area contributed by atoms with Crippen molar-refractivity contribution in [1.82, 2.24) is 5.43 Å². The van der Waals surface area contributed by atoms with Crippen LogP contribution in [0.4, 0.5) is 0 Å². The van der Waals surface area contributed by atoms with Gasteiger partial charge in [-0.15, -0.1) is 0 Å². The van der Waals surface area contributed by atoms with Crippen LogP contribution in [-0.2, 0) is 17.6 Å². The molecule has 19 heavy (non-hydrogen) atoms. The lowest BCUT2D eigenvalue weighted by atomic mass is 9.74. The van der Waals surface area contributed by atoms with Gasteiger partial charge in [0.15, 0.2) is 0 Å². The van der Waals surface area contributed by atoms with Gasteiger partial charge in [-0.3, -0.25) is 11.3 Å². The van der Waals surface area contributed by atoms with Gasteiger partial charge in [0.2, 0.25) is 0 Å². The number of hydrazine groups is 1. The van der Waals surface area contributed by atoms with Gasteiger partial charge in [-0.1, -0.05) is 18.2 Å². The van der Waals surface area contributed by atoms with E-state index in [9.17, 15) is 0 Å². The fourth-order valence-corrected chi connectivity index (χ4v) is 3.52. The number of benzene rings is 1. The third-order valence-electron chi connectivity index (χ3n) is 5.00. The second kappa shape index (κ2) is 5.23. The molecule has 0 aliphatic heterocycles. The van der Waals surface area contributed by atoms with E-state index in [4.69, 9.17) is 10.6 Å². The molecule has 1 fully saturated rings. The highest BCUT2D eigenvalue weighted by Gasteiger charge is 2.39. The van der Waals surface area contributed by atoms with Gasteiger partial charge in [-0.2, -0.15) is 0 Å². The lowest BCUT2D eigenvalue weighted by Gasteiger charge is -2.42. The number of aryl methyl sites for hydroxylation is 2. The molecule has 3 rings (SSSR count). The molecular formula is C16H24N2O. The molecule has 0 radical (unpaired) electrons. The third-order valence-corrected chi connectivity index (χ3v) is 5.00. The van der Waals surface area contributed by atoms with E-state index < -0.39 is 0 Å². The molecule has 0 amide bonds. The Labute approximate surface area is 115 Å². The van der Waals surface area contributed by atoms with E-state index >= 15 is 0 Å². The number of hydrogen-bond donors (Lipinski definition) is 2. The van der Waals surface area contributed by atoms with Crippen LogP contribution in [0.2, 0.25) is 0 Å². The molecular weight excluding hydrogens is 236 g/mol. The highest BCUT2D eigenvalue weighted by molar-refractivity contribution is 5.36. The molecule has 2 aliphatic carbocycles. The molecule has 1 unspecified atom stereocenters. The molecule has 3 nitrogen and oxygen atoms in total. The topological polar surface area (TPSA) is 47.3 Å². The first kappa shape index (κ1) is 13.1. The minimum atomic E-state index is 0.0516. The Morgan fingerprint density at radius 2 is 2.05 bits per heavy atom. The number of rotatable bonds is 5. The summed E-state index contributed by atoms with van der Waals surface area (Å²) in [7, 11) is 1.83. The smallest absolute Gasteiger partial charge is 0.0697 e. The van der Waals surface area contributed by atoms with Crippen LogP contribution >= 0.6 is 0 Å². The largest absolute Gasteiger partial charge is 0.378 e. The van der Waals surface area contributed by atoms with Crippen LogP contribution in [-0.4, -0.2) is 12.7 Å². The van der Waals surface area contributed by atoms with E-state index in [0.29, 0.717) is 0 Å². The summed E-state index contributed by atoms with van der Waals surface area (Å²) in [5.41, 5.74) is 7.38. The van der Waals surface area contributed by atoms with Crippen LogP contribution in [0.1, 0.15) is 54.8 Å². The number of methoxy groups -OCH3 is 1. The Morgan fingerprint density at radius 1 is 1.26 bits per heavy atom. The van der Waals surface area contributed by atoms with Gasteiger partial charge in [0.1, 0.15) is 0 Å². The Morgan fingerprint density at radius 3 is 2.68 bits per heavy atom. The minimum absolute atomic E-state index is 0.0516. The van der Waals surface area contributed by atoms with Crippen LogP contribution in [0.15, 0.2) is 18.2 Å². The summed E-state index contributed by atoms with van der Waals surface area (Å²) in [5, 5.41) is 0. The molecule has 1 aromatic rings. The molecule has 0 saturated heterocycles. The van der Waals surface area contributed by atoms with Crippen LogP contribution in [0, 0.1) is 0 Å².